The fourth-order valence-electron chi connectivity index (χ4n) is 1.68. The summed E-state index contributed by atoms with van der Waals surface area (Å²) >= 11 is 5.94. The van der Waals surface area contributed by atoms with Gasteiger partial charge in [0, 0.05) is 25.3 Å². The molecule has 1 rings (SSSR count). The van der Waals surface area contributed by atoms with E-state index in [0.29, 0.717) is 5.82 Å². The van der Waals surface area contributed by atoms with Crippen molar-refractivity contribution < 1.29 is 13.2 Å². The molecule has 21 heavy (non-hydrogen) atoms. The minimum absolute atomic E-state index is 0.118. The maximum absolute atomic E-state index is 12.1. The third-order valence-corrected chi connectivity index (χ3v) is 3.73. The maximum atomic E-state index is 12.1. The molecule has 1 aromatic heterocycles. The quantitative estimate of drug-likeness (QED) is 0.715. The Labute approximate surface area is 129 Å². The molecule has 0 saturated heterocycles. The second kappa shape index (κ2) is 6.59. The topological polar surface area (TPSA) is 100 Å². The third kappa shape index (κ3) is 5.86. The van der Waals surface area contributed by atoms with Crippen molar-refractivity contribution in [3.8, 4) is 0 Å². The van der Waals surface area contributed by atoms with Gasteiger partial charge in [0.1, 0.15) is 5.82 Å². The van der Waals surface area contributed by atoms with E-state index < -0.39 is 21.5 Å². The minimum Gasteiger partial charge on any atom is -0.373 e. The molecule has 0 aliphatic heterocycles. The fraction of sp³-hybridized carbons (Fsp3) is 0.500. The second-order valence-electron chi connectivity index (χ2n) is 5.24. The molecule has 0 aliphatic rings. The van der Waals surface area contributed by atoms with Crippen LogP contribution >= 0.6 is 11.6 Å². The molecule has 0 spiro atoms. The van der Waals surface area contributed by atoms with Gasteiger partial charge >= 0.3 is 0 Å². The number of nitrogens with one attached hydrogen (secondary N) is 3. The Morgan fingerprint density at radius 2 is 2.05 bits per heavy atom. The normalized spacial score (nSPS) is 12.0. The number of amides is 1. The summed E-state index contributed by atoms with van der Waals surface area (Å²) in [5.74, 6) is 0.111. The number of nitrogens with zero attached hydrogens (tertiary/aromatic N) is 1. The summed E-state index contributed by atoms with van der Waals surface area (Å²) in [5, 5.41) is 5.68. The van der Waals surface area contributed by atoms with Gasteiger partial charge < -0.3 is 10.6 Å². The highest BCUT2D eigenvalue weighted by atomic mass is 35.5. The molecule has 0 bridgehead atoms. The lowest BCUT2D eigenvalue weighted by molar-refractivity contribution is 0.0944. The van der Waals surface area contributed by atoms with Crippen LogP contribution in [0, 0.1) is 0 Å². The van der Waals surface area contributed by atoms with Crippen LogP contribution in [0.5, 0.6) is 0 Å². The van der Waals surface area contributed by atoms with Crippen molar-refractivity contribution in [1.82, 2.24) is 15.0 Å². The van der Waals surface area contributed by atoms with Crippen molar-refractivity contribution in [2.75, 3.05) is 25.2 Å². The van der Waals surface area contributed by atoms with Crippen LogP contribution in [0.25, 0.3) is 0 Å². The van der Waals surface area contributed by atoms with Gasteiger partial charge in [-0.25, -0.2) is 18.1 Å². The molecule has 1 aromatic rings. The summed E-state index contributed by atoms with van der Waals surface area (Å²) in [7, 11) is -1.68. The van der Waals surface area contributed by atoms with Gasteiger partial charge in [0.2, 0.25) is 10.0 Å². The summed E-state index contributed by atoms with van der Waals surface area (Å²) in [6.07, 6.45) is 2.44. The summed E-state index contributed by atoms with van der Waals surface area (Å²) < 4.78 is 24.9. The second-order valence-corrected chi connectivity index (χ2v) is 7.40. The highest BCUT2D eigenvalue weighted by Gasteiger charge is 2.23. The van der Waals surface area contributed by atoms with E-state index in [2.05, 4.69) is 20.3 Å². The van der Waals surface area contributed by atoms with E-state index in [0.717, 1.165) is 6.26 Å². The van der Waals surface area contributed by atoms with Gasteiger partial charge in [0.25, 0.3) is 5.91 Å². The molecule has 0 unspecified atom stereocenters. The largest absolute Gasteiger partial charge is 0.373 e. The van der Waals surface area contributed by atoms with E-state index in [9.17, 15) is 13.2 Å². The van der Waals surface area contributed by atoms with E-state index >= 15 is 0 Å². The van der Waals surface area contributed by atoms with E-state index in [1.807, 2.05) is 0 Å². The number of aromatic nitrogens is 1. The highest BCUT2D eigenvalue weighted by Crippen LogP contribution is 2.17. The molecule has 0 radical (unpaired) electrons. The first-order chi connectivity index (χ1) is 9.54. The minimum atomic E-state index is -3.36. The number of sulfonamides is 1. The van der Waals surface area contributed by atoms with Crippen LogP contribution in [0.15, 0.2) is 12.3 Å². The summed E-state index contributed by atoms with van der Waals surface area (Å²) in [4.78, 5) is 16.1. The first-order valence-electron chi connectivity index (χ1n) is 6.14. The van der Waals surface area contributed by atoms with E-state index in [1.165, 1.54) is 12.3 Å². The fourth-order valence-corrected chi connectivity index (χ4v) is 2.95. The van der Waals surface area contributed by atoms with Gasteiger partial charge in [-0.05, 0) is 19.9 Å². The Morgan fingerprint density at radius 3 is 2.57 bits per heavy atom. The number of rotatable bonds is 6. The number of hydrogen-bond acceptors (Lipinski definition) is 5. The number of hydrogen-bond donors (Lipinski definition) is 3. The van der Waals surface area contributed by atoms with Crippen LogP contribution < -0.4 is 15.4 Å². The van der Waals surface area contributed by atoms with Crippen LogP contribution in [-0.2, 0) is 10.0 Å². The number of carbonyl (C=O) groups is 1. The molecule has 0 atom stereocenters. The Morgan fingerprint density at radius 1 is 1.43 bits per heavy atom. The third-order valence-electron chi connectivity index (χ3n) is 2.51. The van der Waals surface area contributed by atoms with Gasteiger partial charge in [-0.2, -0.15) is 0 Å². The van der Waals surface area contributed by atoms with Crippen molar-refractivity contribution >= 4 is 33.3 Å². The maximum Gasteiger partial charge on any atom is 0.253 e. The molecule has 1 amide bonds. The van der Waals surface area contributed by atoms with Gasteiger partial charge in [-0.1, -0.05) is 11.6 Å². The predicted molar refractivity (Wildman–Crippen MR) is 83.2 cm³/mol. The van der Waals surface area contributed by atoms with E-state index in [-0.39, 0.29) is 17.1 Å². The first-order valence-corrected chi connectivity index (χ1v) is 8.41. The van der Waals surface area contributed by atoms with Gasteiger partial charge in [-0.15, -0.1) is 0 Å². The molecular formula is C12H19ClN4O3S. The molecule has 7 nitrogen and oxygen atoms in total. The van der Waals surface area contributed by atoms with Gasteiger partial charge in [0.05, 0.1) is 16.8 Å². The highest BCUT2D eigenvalue weighted by molar-refractivity contribution is 7.88. The summed E-state index contributed by atoms with van der Waals surface area (Å²) in [6.45, 7) is 3.45. The average molecular weight is 335 g/mol. The molecule has 0 fully saturated rings. The number of anilines is 1. The van der Waals surface area contributed by atoms with Crippen molar-refractivity contribution in [3.05, 3.63) is 22.8 Å². The lowest BCUT2D eigenvalue weighted by atomic mass is 10.1. The average Bonchev–Trinajstić information content (AvgIpc) is 2.34. The van der Waals surface area contributed by atoms with Crippen molar-refractivity contribution in [1.29, 1.82) is 0 Å². The number of pyridine rings is 1. The molecule has 9 heteroatoms. The van der Waals surface area contributed by atoms with Crippen LogP contribution in [0.1, 0.15) is 24.2 Å². The predicted octanol–water partition coefficient (Wildman–Crippen LogP) is 0.834. The zero-order valence-corrected chi connectivity index (χ0v) is 13.9. The monoisotopic (exact) mass is 334 g/mol. The zero-order chi connectivity index (χ0) is 16.3. The van der Waals surface area contributed by atoms with Crippen LogP contribution in [-0.4, -0.2) is 44.7 Å². The molecule has 3 N–H and O–H groups in total. The molecule has 118 valence electrons. The Hall–Kier alpha value is -1.38. The Balaban J connectivity index is 2.78. The Bertz CT molecular complexity index is 631. The Kier molecular flexibility index (Phi) is 5.54. The van der Waals surface area contributed by atoms with Crippen LogP contribution in [0.3, 0.4) is 0 Å². The van der Waals surface area contributed by atoms with Crippen molar-refractivity contribution in [2.24, 2.45) is 0 Å². The lowest BCUT2D eigenvalue weighted by Gasteiger charge is -2.25. The smallest absolute Gasteiger partial charge is 0.253 e. The van der Waals surface area contributed by atoms with E-state index in [1.54, 1.807) is 20.9 Å². The molecule has 0 saturated carbocycles. The number of carbonyl (C=O) groups excluding carboxylic acids is 1. The summed E-state index contributed by atoms with van der Waals surface area (Å²) in [5.41, 5.74) is -0.541. The number of halogens is 1. The molecule has 0 aliphatic carbocycles. The van der Waals surface area contributed by atoms with Crippen LogP contribution in [0.2, 0.25) is 5.02 Å². The zero-order valence-electron chi connectivity index (χ0n) is 12.3. The van der Waals surface area contributed by atoms with E-state index in [4.69, 9.17) is 11.6 Å². The summed E-state index contributed by atoms with van der Waals surface area (Å²) in [6, 6.07) is 1.52. The molecular weight excluding hydrogens is 316 g/mol. The van der Waals surface area contributed by atoms with Crippen molar-refractivity contribution in [2.45, 2.75) is 19.4 Å². The van der Waals surface area contributed by atoms with Crippen molar-refractivity contribution in [3.63, 3.8) is 0 Å². The first kappa shape index (κ1) is 17.7. The van der Waals surface area contributed by atoms with Gasteiger partial charge in [-0.3, -0.25) is 4.79 Å². The van der Waals surface area contributed by atoms with Crippen LogP contribution in [0.4, 0.5) is 5.82 Å². The standard InChI is InChI=1S/C12H19ClN4O3S/c1-12(2,17-21(4,19)20)7-16-11(18)8-5-10(14-3)15-6-9(8)13/h5-6,17H,7H2,1-4H3,(H,14,15)(H,16,18). The van der Waals surface area contributed by atoms with Gasteiger partial charge in [0.15, 0.2) is 0 Å². The SMILES string of the molecule is CNc1cc(C(=O)NCC(C)(C)NS(C)(=O)=O)c(Cl)cn1. The molecule has 0 aromatic carbocycles. The molecule has 1 heterocycles. The lowest BCUT2D eigenvalue weighted by Crippen LogP contribution is -2.51.